The van der Waals surface area contributed by atoms with Crippen molar-refractivity contribution < 1.29 is 18.7 Å². The predicted molar refractivity (Wildman–Crippen MR) is 56.3 cm³/mol. The van der Waals surface area contributed by atoms with Crippen LogP contribution in [0.4, 0.5) is 8.78 Å². The third-order valence-electron chi connectivity index (χ3n) is 2.04. The zero-order valence-corrected chi connectivity index (χ0v) is 9.25. The Balaban J connectivity index is 2.84. The summed E-state index contributed by atoms with van der Waals surface area (Å²) >= 11 is 2.86. The van der Waals surface area contributed by atoms with Crippen LogP contribution in [0.2, 0.25) is 0 Å². The predicted octanol–water partition coefficient (Wildman–Crippen LogP) is 2.97. The number of carbonyl (C=O) groups is 1. The smallest absolute Gasteiger partial charge is 0.354 e. The zero-order valence-electron chi connectivity index (χ0n) is 7.67. The number of rotatable bonds is 1. The van der Waals surface area contributed by atoms with Gasteiger partial charge in [0, 0.05) is 5.39 Å². The molecule has 0 aliphatic heterocycles. The summed E-state index contributed by atoms with van der Waals surface area (Å²) in [6, 6.07) is 3.23. The molecule has 0 spiro atoms. The Morgan fingerprint density at radius 2 is 2.06 bits per heavy atom. The molecule has 1 N–H and O–H groups in total. The Bertz CT molecular complexity index is 601. The Labute approximate surface area is 96.9 Å². The second-order valence-corrected chi connectivity index (χ2v) is 3.91. The van der Waals surface area contributed by atoms with Crippen molar-refractivity contribution in [3.63, 3.8) is 0 Å². The summed E-state index contributed by atoms with van der Waals surface area (Å²) in [6.07, 6.45) is 0. The van der Waals surface area contributed by atoms with E-state index in [1.165, 1.54) is 6.07 Å². The minimum absolute atomic E-state index is 0.0256. The lowest BCUT2D eigenvalue weighted by atomic mass is 10.2. The van der Waals surface area contributed by atoms with Crippen molar-refractivity contribution in [1.82, 2.24) is 4.98 Å². The fraction of sp³-hybridized carbons (Fsp3) is 0. The standard InChI is InChI=1S/C10H4BrF2NO2/c11-5-3-6(12)9-4(8(5)13)1-2-7(14-9)10(15)16/h1-3H,(H,15,16). The van der Waals surface area contributed by atoms with Crippen molar-refractivity contribution in [3.8, 4) is 0 Å². The van der Waals surface area contributed by atoms with Gasteiger partial charge in [0.1, 0.15) is 17.0 Å². The molecule has 1 aromatic heterocycles. The van der Waals surface area contributed by atoms with Crippen molar-refractivity contribution in [3.05, 3.63) is 40.0 Å². The molecule has 0 aliphatic rings. The van der Waals surface area contributed by atoms with Crippen LogP contribution in [0, 0.1) is 11.6 Å². The van der Waals surface area contributed by atoms with Gasteiger partial charge in [-0.2, -0.15) is 0 Å². The van der Waals surface area contributed by atoms with E-state index in [-0.39, 0.29) is 21.1 Å². The molecule has 6 heteroatoms. The van der Waals surface area contributed by atoms with E-state index in [0.717, 1.165) is 12.1 Å². The van der Waals surface area contributed by atoms with E-state index in [2.05, 4.69) is 20.9 Å². The largest absolute Gasteiger partial charge is 0.477 e. The average molecular weight is 288 g/mol. The van der Waals surface area contributed by atoms with Gasteiger partial charge in [0.15, 0.2) is 5.82 Å². The molecule has 0 unspecified atom stereocenters. The molecule has 0 fully saturated rings. The highest BCUT2D eigenvalue weighted by Crippen LogP contribution is 2.26. The number of carboxylic acids is 1. The molecule has 2 aromatic rings. The lowest BCUT2D eigenvalue weighted by Gasteiger charge is -2.03. The molecule has 2 rings (SSSR count). The number of fused-ring (bicyclic) bond motifs is 1. The lowest BCUT2D eigenvalue weighted by molar-refractivity contribution is 0.0691. The molecular formula is C10H4BrF2NO2. The number of hydrogen-bond acceptors (Lipinski definition) is 2. The van der Waals surface area contributed by atoms with Crippen LogP contribution in [0.25, 0.3) is 10.9 Å². The fourth-order valence-electron chi connectivity index (χ4n) is 1.31. The molecule has 1 heterocycles. The summed E-state index contributed by atoms with van der Waals surface area (Å²) in [7, 11) is 0. The first-order chi connectivity index (χ1) is 7.50. The van der Waals surface area contributed by atoms with E-state index in [4.69, 9.17) is 5.11 Å². The number of nitrogens with zero attached hydrogens (tertiary/aromatic N) is 1. The maximum absolute atomic E-state index is 13.5. The molecule has 1 aromatic carbocycles. The van der Waals surface area contributed by atoms with Gasteiger partial charge in [0.25, 0.3) is 0 Å². The molecule has 3 nitrogen and oxygen atoms in total. The molecule has 0 atom stereocenters. The molecule has 16 heavy (non-hydrogen) atoms. The highest BCUT2D eigenvalue weighted by Gasteiger charge is 2.14. The van der Waals surface area contributed by atoms with Crippen LogP contribution in [0.5, 0.6) is 0 Å². The first-order valence-electron chi connectivity index (χ1n) is 4.18. The summed E-state index contributed by atoms with van der Waals surface area (Å²) in [4.78, 5) is 14.2. The van der Waals surface area contributed by atoms with Crippen molar-refractivity contribution in [2.24, 2.45) is 0 Å². The van der Waals surface area contributed by atoms with Crippen molar-refractivity contribution in [1.29, 1.82) is 0 Å². The third kappa shape index (κ3) is 1.65. The van der Waals surface area contributed by atoms with Gasteiger partial charge in [0.05, 0.1) is 4.47 Å². The highest BCUT2D eigenvalue weighted by molar-refractivity contribution is 9.10. The van der Waals surface area contributed by atoms with E-state index >= 15 is 0 Å². The summed E-state index contributed by atoms with van der Waals surface area (Å²) in [5, 5.41) is 8.61. The topological polar surface area (TPSA) is 50.2 Å². The van der Waals surface area contributed by atoms with Gasteiger partial charge in [-0.3, -0.25) is 0 Å². The second-order valence-electron chi connectivity index (χ2n) is 3.05. The van der Waals surface area contributed by atoms with E-state index in [1.54, 1.807) is 0 Å². The van der Waals surface area contributed by atoms with Gasteiger partial charge >= 0.3 is 5.97 Å². The second kappa shape index (κ2) is 3.79. The molecule has 0 saturated heterocycles. The number of pyridine rings is 1. The summed E-state index contributed by atoms with van der Waals surface area (Å²) in [5.41, 5.74) is -0.617. The molecule has 0 amide bonds. The van der Waals surface area contributed by atoms with Crippen LogP contribution in [0.3, 0.4) is 0 Å². The minimum Gasteiger partial charge on any atom is -0.477 e. The number of aromatic carboxylic acids is 1. The van der Waals surface area contributed by atoms with Gasteiger partial charge in [-0.05, 0) is 34.1 Å². The van der Waals surface area contributed by atoms with Gasteiger partial charge in [-0.15, -0.1) is 0 Å². The Morgan fingerprint density at radius 3 is 2.69 bits per heavy atom. The molecular weight excluding hydrogens is 284 g/mol. The van der Waals surface area contributed by atoms with E-state index < -0.39 is 17.6 Å². The van der Waals surface area contributed by atoms with Gasteiger partial charge in [-0.1, -0.05) is 0 Å². The lowest BCUT2D eigenvalue weighted by Crippen LogP contribution is -2.01. The molecule has 0 aliphatic carbocycles. The van der Waals surface area contributed by atoms with Gasteiger partial charge in [0.2, 0.25) is 0 Å². The molecule has 0 saturated carbocycles. The number of benzene rings is 1. The molecule has 82 valence electrons. The maximum atomic E-state index is 13.5. The van der Waals surface area contributed by atoms with Crippen LogP contribution in [0.15, 0.2) is 22.7 Å². The van der Waals surface area contributed by atoms with Crippen molar-refractivity contribution >= 4 is 32.8 Å². The average Bonchev–Trinajstić information content (AvgIpc) is 2.25. The number of hydrogen-bond donors (Lipinski definition) is 1. The van der Waals surface area contributed by atoms with Crippen molar-refractivity contribution in [2.75, 3.05) is 0 Å². The van der Waals surface area contributed by atoms with E-state index in [1.807, 2.05) is 0 Å². The van der Waals surface area contributed by atoms with Crippen LogP contribution in [-0.2, 0) is 0 Å². The first kappa shape index (κ1) is 10.9. The number of aromatic nitrogens is 1. The normalized spacial score (nSPS) is 10.7. The SMILES string of the molecule is O=C(O)c1ccc2c(F)c(Br)cc(F)c2n1. The Kier molecular flexibility index (Phi) is 2.59. The highest BCUT2D eigenvalue weighted by atomic mass is 79.9. The van der Waals surface area contributed by atoms with E-state index in [9.17, 15) is 13.6 Å². The first-order valence-corrected chi connectivity index (χ1v) is 4.97. The van der Waals surface area contributed by atoms with Crippen LogP contribution < -0.4 is 0 Å². The van der Waals surface area contributed by atoms with Gasteiger partial charge < -0.3 is 5.11 Å². The minimum atomic E-state index is -1.29. The molecule has 0 radical (unpaired) electrons. The van der Waals surface area contributed by atoms with Crippen molar-refractivity contribution in [2.45, 2.75) is 0 Å². The molecule has 0 bridgehead atoms. The maximum Gasteiger partial charge on any atom is 0.354 e. The van der Waals surface area contributed by atoms with Gasteiger partial charge in [-0.25, -0.2) is 18.6 Å². The Morgan fingerprint density at radius 1 is 1.38 bits per heavy atom. The zero-order chi connectivity index (χ0) is 11.9. The quantitative estimate of drug-likeness (QED) is 0.821. The number of halogens is 3. The third-order valence-corrected chi connectivity index (χ3v) is 2.62. The van der Waals surface area contributed by atoms with Crippen LogP contribution in [-0.4, -0.2) is 16.1 Å². The fourth-order valence-corrected chi connectivity index (χ4v) is 1.72. The van der Waals surface area contributed by atoms with Crippen LogP contribution in [0.1, 0.15) is 10.5 Å². The number of carboxylic acid groups (broad SMARTS) is 1. The summed E-state index contributed by atoms with van der Waals surface area (Å²) in [6.45, 7) is 0. The van der Waals surface area contributed by atoms with Crippen LogP contribution >= 0.6 is 15.9 Å². The van der Waals surface area contributed by atoms with E-state index in [0.29, 0.717) is 0 Å². The summed E-state index contributed by atoms with van der Waals surface area (Å²) in [5.74, 6) is -2.73. The Hall–Kier alpha value is -1.56. The summed E-state index contributed by atoms with van der Waals surface area (Å²) < 4.78 is 26.9. The monoisotopic (exact) mass is 287 g/mol.